The molecule has 0 bridgehead atoms. The van der Waals surface area contributed by atoms with Gasteiger partial charge in [0.25, 0.3) is 5.91 Å². The van der Waals surface area contributed by atoms with Crippen LogP contribution in [0, 0.1) is 0 Å². The molecule has 0 aliphatic carbocycles. The zero-order chi connectivity index (χ0) is 14.5. The maximum atomic E-state index is 12.1. The first kappa shape index (κ1) is 13.0. The lowest BCUT2D eigenvalue weighted by atomic mass is 10.0. The lowest BCUT2D eigenvalue weighted by molar-refractivity contribution is 0.102. The number of benzene rings is 2. The predicted molar refractivity (Wildman–Crippen MR) is 81.9 cm³/mol. The van der Waals surface area contributed by atoms with Crippen molar-refractivity contribution >= 4 is 11.7 Å². The Labute approximate surface area is 122 Å². The largest absolute Gasteiger partial charge is 0.306 e. The summed E-state index contributed by atoms with van der Waals surface area (Å²) in [6, 6.07) is 19.2. The van der Waals surface area contributed by atoms with Crippen molar-refractivity contribution in [1.29, 1.82) is 0 Å². The van der Waals surface area contributed by atoms with Crippen molar-refractivity contribution in [2.75, 3.05) is 5.32 Å². The Morgan fingerprint density at radius 1 is 0.857 bits per heavy atom. The Morgan fingerprint density at radius 3 is 2.24 bits per heavy atom. The van der Waals surface area contributed by atoms with Gasteiger partial charge in [-0.15, -0.1) is 0 Å². The molecule has 0 aliphatic heterocycles. The van der Waals surface area contributed by atoms with Gasteiger partial charge in [-0.2, -0.15) is 0 Å². The fraction of sp³-hybridized carbons (Fsp3) is 0. The molecule has 1 N–H and O–H groups in total. The molecule has 1 heterocycles. The monoisotopic (exact) mass is 275 g/mol. The zero-order valence-electron chi connectivity index (χ0n) is 11.2. The van der Waals surface area contributed by atoms with Crippen LogP contribution in [0.2, 0.25) is 0 Å². The molecule has 3 aromatic rings. The summed E-state index contributed by atoms with van der Waals surface area (Å²) in [6.07, 6.45) is 2.98. The number of rotatable bonds is 3. The summed E-state index contributed by atoms with van der Waals surface area (Å²) in [4.78, 5) is 19.9. The van der Waals surface area contributed by atoms with E-state index in [1.165, 1.54) is 6.33 Å². The van der Waals surface area contributed by atoms with E-state index in [2.05, 4.69) is 15.3 Å². The van der Waals surface area contributed by atoms with Gasteiger partial charge in [-0.25, -0.2) is 9.97 Å². The second-order valence-electron chi connectivity index (χ2n) is 4.49. The molecule has 0 fully saturated rings. The van der Waals surface area contributed by atoms with Gasteiger partial charge in [0.1, 0.15) is 12.1 Å². The van der Waals surface area contributed by atoms with Gasteiger partial charge in [0.05, 0.1) is 0 Å². The molecule has 0 atom stereocenters. The van der Waals surface area contributed by atoms with Crippen LogP contribution in [0.3, 0.4) is 0 Å². The van der Waals surface area contributed by atoms with Crippen LogP contribution in [0.15, 0.2) is 73.2 Å². The van der Waals surface area contributed by atoms with E-state index < -0.39 is 0 Å². The van der Waals surface area contributed by atoms with Gasteiger partial charge in [-0.05, 0) is 29.3 Å². The normalized spacial score (nSPS) is 10.1. The lowest BCUT2D eigenvalue weighted by Crippen LogP contribution is -2.12. The maximum Gasteiger partial charge on any atom is 0.256 e. The second kappa shape index (κ2) is 5.96. The number of hydrogen-bond donors (Lipinski definition) is 1. The van der Waals surface area contributed by atoms with Gasteiger partial charge in [-0.1, -0.05) is 42.5 Å². The Kier molecular flexibility index (Phi) is 3.69. The molecule has 0 radical (unpaired) electrons. The van der Waals surface area contributed by atoms with E-state index in [9.17, 15) is 4.79 Å². The molecule has 1 amide bonds. The predicted octanol–water partition coefficient (Wildman–Crippen LogP) is 3.40. The smallest absolute Gasteiger partial charge is 0.256 e. The molecule has 4 heteroatoms. The number of anilines is 1. The summed E-state index contributed by atoms with van der Waals surface area (Å²) in [5.41, 5.74) is 2.79. The highest BCUT2D eigenvalue weighted by atomic mass is 16.1. The quantitative estimate of drug-likeness (QED) is 0.797. The maximum absolute atomic E-state index is 12.1. The third-order valence-corrected chi connectivity index (χ3v) is 3.08. The molecule has 0 unspecified atom stereocenters. The van der Waals surface area contributed by atoms with Gasteiger partial charge < -0.3 is 5.32 Å². The van der Waals surface area contributed by atoms with E-state index in [1.807, 2.05) is 42.5 Å². The number of aromatic nitrogens is 2. The number of nitrogens with zero attached hydrogens (tertiary/aromatic N) is 2. The van der Waals surface area contributed by atoms with E-state index >= 15 is 0 Å². The number of nitrogens with one attached hydrogen (secondary N) is 1. The third kappa shape index (κ3) is 3.12. The molecule has 21 heavy (non-hydrogen) atoms. The van der Waals surface area contributed by atoms with Crippen LogP contribution in [-0.2, 0) is 0 Å². The molecule has 0 spiro atoms. The molecule has 4 nitrogen and oxygen atoms in total. The van der Waals surface area contributed by atoms with Crippen molar-refractivity contribution < 1.29 is 4.79 Å². The summed E-state index contributed by atoms with van der Waals surface area (Å²) in [6.45, 7) is 0. The summed E-state index contributed by atoms with van der Waals surface area (Å²) >= 11 is 0. The minimum absolute atomic E-state index is 0.187. The van der Waals surface area contributed by atoms with Crippen LogP contribution >= 0.6 is 0 Å². The van der Waals surface area contributed by atoms with Gasteiger partial charge in [0, 0.05) is 11.8 Å². The van der Waals surface area contributed by atoms with E-state index in [0.717, 1.165) is 11.1 Å². The van der Waals surface area contributed by atoms with Gasteiger partial charge in [0.2, 0.25) is 0 Å². The van der Waals surface area contributed by atoms with Crippen LogP contribution in [0.1, 0.15) is 10.4 Å². The highest BCUT2D eigenvalue weighted by Gasteiger charge is 2.06. The van der Waals surface area contributed by atoms with E-state index in [-0.39, 0.29) is 5.91 Å². The molecular weight excluding hydrogens is 262 g/mol. The lowest BCUT2D eigenvalue weighted by Gasteiger charge is -2.05. The number of amides is 1. The summed E-state index contributed by atoms with van der Waals surface area (Å²) in [5.74, 6) is 0.301. The SMILES string of the molecule is O=C(Nc1ccncn1)c1ccc(-c2ccccc2)cc1. The van der Waals surface area contributed by atoms with E-state index in [0.29, 0.717) is 11.4 Å². The first-order chi connectivity index (χ1) is 10.3. The average molecular weight is 275 g/mol. The first-order valence-corrected chi connectivity index (χ1v) is 6.56. The Balaban J connectivity index is 1.77. The van der Waals surface area contributed by atoms with Crippen molar-refractivity contribution in [2.24, 2.45) is 0 Å². The van der Waals surface area contributed by atoms with Crippen molar-refractivity contribution in [3.05, 3.63) is 78.8 Å². The van der Waals surface area contributed by atoms with Crippen LogP contribution in [0.4, 0.5) is 5.82 Å². The fourth-order valence-corrected chi connectivity index (χ4v) is 2.00. The summed E-state index contributed by atoms with van der Waals surface area (Å²) in [5, 5.41) is 2.73. The number of carbonyl (C=O) groups is 1. The van der Waals surface area contributed by atoms with Crippen LogP contribution < -0.4 is 5.32 Å². The third-order valence-electron chi connectivity index (χ3n) is 3.08. The number of hydrogen-bond acceptors (Lipinski definition) is 3. The summed E-state index contributed by atoms with van der Waals surface area (Å²) in [7, 11) is 0. The van der Waals surface area contributed by atoms with Crippen LogP contribution in [0.25, 0.3) is 11.1 Å². The van der Waals surface area contributed by atoms with Crippen molar-refractivity contribution in [2.45, 2.75) is 0 Å². The van der Waals surface area contributed by atoms with Gasteiger partial charge in [-0.3, -0.25) is 4.79 Å². The molecule has 0 saturated carbocycles. The van der Waals surface area contributed by atoms with Crippen molar-refractivity contribution in [1.82, 2.24) is 9.97 Å². The highest BCUT2D eigenvalue weighted by molar-refractivity contribution is 6.03. The molecule has 0 saturated heterocycles. The molecule has 3 rings (SSSR count). The zero-order valence-corrected chi connectivity index (χ0v) is 11.2. The minimum Gasteiger partial charge on any atom is -0.306 e. The van der Waals surface area contributed by atoms with Crippen molar-refractivity contribution in [3.63, 3.8) is 0 Å². The molecule has 102 valence electrons. The Bertz CT molecular complexity index is 725. The van der Waals surface area contributed by atoms with Gasteiger partial charge in [0.15, 0.2) is 0 Å². The average Bonchev–Trinajstić information content (AvgIpc) is 2.57. The van der Waals surface area contributed by atoms with E-state index in [1.54, 1.807) is 24.4 Å². The molecule has 2 aromatic carbocycles. The Morgan fingerprint density at radius 2 is 1.57 bits per heavy atom. The van der Waals surface area contributed by atoms with Crippen molar-refractivity contribution in [3.8, 4) is 11.1 Å². The molecule has 1 aromatic heterocycles. The Hall–Kier alpha value is -3.01. The first-order valence-electron chi connectivity index (χ1n) is 6.56. The second-order valence-corrected chi connectivity index (χ2v) is 4.49. The van der Waals surface area contributed by atoms with Crippen LogP contribution in [-0.4, -0.2) is 15.9 Å². The summed E-state index contributed by atoms with van der Waals surface area (Å²) < 4.78 is 0. The highest BCUT2D eigenvalue weighted by Crippen LogP contribution is 2.19. The minimum atomic E-state index is -0.187. The molecule has 0 aliphatic rings. The standard InChI is InChI=1S/C17H13N3O/c21-17(20-16-10-11-18-12-19-16)15-8-6-14(7-9-15)13-4-2-1-3-5-13/h1-12H,(H,18,19,20,21). The topological polar surface area (TPSA) is 54.9 Å². The fourth-order valence-electron chi connectivity index (χ4n) is 2.00. The number of carbonyl (C=O) groups excluding carboxylic acids is 1. The van der Waals surface area contributed by atoms with Gasteiger partial charge >= 0.3 is 0 Å². The van der Waals surface area contributed by atoms with E-state index in [4.69, 9.17) is 0 Å². The van der Waals surface area contributed by atoms with Crippen LogP contribution in [0.5, 0.6) is 0 Å². The molecular formula is C17H13N3O.